The van der Waals surface area contributed by atoms with E-state index in [1.54, 1.807) is 11.3 Å². The van der Waals surface area contributed by atoms with E-state index in [9.17, 15) is 0 Å². The van der Waals surface area contributed by atoms with Gasteiger partial charge in [0.15, 0.2) is 0 Å². The highest BCUT2D eigenvalue weighted by Gasteiger charge is 2.12. The van der Waals surface area contributed by atoms with Gasteiger partial charge in [0, 0.05) is 5.56 Å². The lowest BCUT2D eigenvalue weighted by Gasteiger charge is -2.13. The standard InChI is InChI=1S/C20H20NOSSi/c1-15-11-12-18(22-24(2)3)17(14-15)21-20(19-10-7-13-23-19)16-8-5-4-6-9-16/h4-14H,1-3H3/p+1. The Morgan fingerprint density at radius 3 is 2.50 bits per heavy atom. The average molecular weight is 352 g/mol. The molecule has 2 aromatic carbocycles. The number of aryl methyl sites for hydroxylation is 1. The molecule has 3 aromatic rings. The van der Waals surface area contributed by atoms with Crippen molar-refractivity contribution in [3.63, 3.8) is 0 Å². The van der Waals surface area contributed by atoms with Crippen LogP contribution in [0, 0.1) is 6.92 Å². The number of nitrogens with zero attached hydrogens (tertiary/aromatic N) is 1. The third-order valence-corrected chi connectivity index (χ3v) is 4.97. The van der Waals surface area contributed by atoms with Crippen molar-refractivity contribution in [2.24, 2.45) is 4.99 Å². The molecule has 0 bridgehead atoms. The normalized spacial score (nSPS) is 11.8. The maximum Gasteiger partial charge on any atom is 1.00 e. The van der Waals surface area contributed by atoms with Gasteiger partial charge in [0.1, 0.15) is 11.4 Å². The fourth-order valence-corrected chi connectivity index (χ4v) is 3.76. The van der Waals surface area contributed by atoms with Crippen molar-refractivity contribution in [3.8, 4) is 5.75 Å². The SMILES string of the molecule is Cc1ccc(O[Si](C)C)c(N=C(c2ccccc2)c2cccs2)c1.[H+]. The second-order valence-electron chi connectivity index (χ2n) is 5.79. The van der Waals surface area contributed by atoms with Gasteiger partial charge in [-0.1, -0.05) is 42.5 Å². The zero-order chi connectivity index (χ0) is 16.9. The lowest BCUT2D eigenvalue weighted by molar-refractivity contribution is 0.582. The first-order valence-corrected chi connectivity index (χ1v) is 11.2. The Labute approximate surface area is 150 Å². The van der Waals surface area contributed by atoms with E-state index in [1.807, 2.05) is 24.3 Å². The molecule has 0 fully saturated rings. The van der Waals surface area contributed by atoms with Crippen LogP contribution in [-0.2, 0) is 0 Å². The number of hydrogen-bond acceptors (Lipinski definition) is 3. The van der Waals surface area contributed by atoms with Gasteiger partial charge in [0.05, 0.1) is 10.6 Å². The second-order valence-corrected chi connectivity index (χ2v) is 8.75. The van der Waals surface area contributed by atoms with Crippen LogP contribution < -0.4 is 4.43 Å². The molecule has 0 amide bonds. The number of hydrogen-bond donors (Lipinski definition) is 0. The van der Waals surface area contributed by atoms with Crippen molar-refractivity contribution in [1.82, 2.24) is 0 Å². The van der Waals surface area contributed by atoms with Crippen molar-refractivity contribution < 1.29 is 5.85 Å². The predicted octanol–water partition coefficient (Wildman–Crippen LogP) is 5.97. The summed E-state index contributed by atoms with van der Waals surface area (Å²) in [6, 6.07) is 20.7. The van der Waals surface area contributed by atoms with Crippen LogP contribution in [0.3, 0.4) is 0 Å². The summed E-state index contributed by atoms with van der Waals surface area (Å²) >= 11 is 1.70. The summed E-state index contributed by atoms with van der Waals surface area (Å²) in [5, 5.41) is 2.08. The second kappa shape index (κ2) is 7.60. The molecule has 4 heteroatoms. The first kappa shape index (κ1) is 16.7. The lowest BCUT2D eigenvalue weighted by Crippen LogP contribution is -2.11. The zero-order valence-electron chi connectivity index (χ0n) is 15.1. The minimum absolute atomic E-state index is 0. The number of benzene rings is 2. The average Bonchev–Trinajstić information content (AvgIpc) is 3.09. The van der Waals surface area contributed by atoms with E-state index in [0.29, 0.717) is 0 Å². The summed E-state index contributed by atoms with van der Waals surface area (Å²) in [7, 11) is -0.841. The van der Waals surface area contributed by atoms with E-state index in [1.165, 1.54) is 5.56 Å². The van der Waals surface area contributed by atoms with Gasteiger partial charge in [0.25, 0.3) is 9.04 Å². The van der Waals surface area contributed by atoms with Crippen LogP contribution in [0.2, 0.25) is 13.1 Å². The van der Waals surface area contributed by atoms with Crippen LogP contribution in [0.4, 0.5) is 5.69 Å². The van der Waals surface area contributed by atoms with E-state index in [0.717, 1.165) is 27.6 Å². The molecular formula is C20H21NOSSi+. The summed E-state index contributed by atoms with van der Waals surface area (Å²) < 4.78 is 6.05. The molecule has 0 unspecified atom stereocenters. The Morgan fingerprint density at radius 2 is 1.83 bits per heavy atom. The molecule has 0 saturated heterocycles. The Morgan fingerprint density at radius 1 is 1.04 bits per heavy atom. The zero-order valence-corrected chi connectivity index (χ0v) is 15.9. The van der Waals surface area contributed by atoms with E-state index < -0.39 is 9.04 Å². The van der Waals surface area contributed by atoms with Crippen molar-refractivity contribution in [3.05, 3.63) is 82.0 Å². The Hall–Kier alpha value is -2.17. The summed E-state index contributed by atoms with van der Waals surface area (Å²) in [6.07, 6.45) is 0. The van der Waals surface area contributed by atoms with Gasteiger partial charge in [-0.15, -0.1) is 11.3 Å². The highest BCUT2D eigenvalue weighted by atomic mass is 32.1. The number of aliphatic imine (C=N–C) groups is 1. The largest absolute Gasteiger partial charge is 1.00 e. The molecule has 1 aromatic heterocycles. The minimum atomic E-state index is -0.841. The molecule has 1 radical (unpaired) electrons. The van der Waals surface area contributed by atoms with E-state index in [4.69, 9.17) is 9.42 Å². The molecule has 2 nitrogen and oxygen atoms in total. The molecule has 121 valence electrons. The van der Waals surface area contributed by atoms with Gasteiger partial charge in [0.2, 0.25) is 0 Å². The summed E-state index contributed by atoms with van der Waals surface area (Å²) in [5.41, 5.74) is 4.18. The monoisotopic (exact) mass is 351 g/mol. The van der Waals surface area contributed by atoms with Crippen LogP contribution >= 0.6 is 11.3 Å². The molecule has 0 aliphatic heterocycles. The third kappa shape index (κ3) is 4.02. The molecule has 24 heavy (non-hydrogen) atoms. The van der Waals surface area contributed by atoms with Crippen LogP contribution in [0.1, 0.15) is 17.4 Å². The van der Waals surface area contributed by atoms with Crippen LogP contribution in [-0.4, -0.2) is 14.8 Å². The number of rotatable bonds is 5. The maximum absolute atomic E-state index is 6.05. The first-order valence-electron chi connectivity index (χ1n) is 7.90. The van der Waals surface area contributed by atoms with Crippen LogP contribution in [0.25, 0.3) is 0 Å². The third-order valence-electron chi connectivity index (χ3n) is 3.46. The molecule has 1 heterocycles. The quantitative estimate of drug-likeness (QED) is 0.410. The number of thiophene rings is 1. The smallest absolute Gasteiger partial charge is 0.541 e. The van der Waals surface area contributed by atoms with Gasteiger partial charge >= 0.3 is 1.43 Å². The van der Waals surface area contributed by atoms with Crippen LogP contribution in [0.15, 0.2) is 71.0 Å². The summed E-state index contributed by atoms with van der Waals surface area (Å²) in [6.45, 7) is 6.35. The lowest BCUT2D eigenvalue weighted by atomic mass is 10.1. The Kier molecular flexibility index (Phi) is 5.28. The Bertz CT molecular complexity index is 832. The van der Waals surface area contributed by atoms with Gasteiger partial charge in [-0.2, -0.15) is 0 Å². The molecule has 0 N–H and O–H groups in total. The predicted molar refractivity (Wildman–Crippen MR) is 106 cm³/mol. The van der Waals surface area contributed by atoms with Crippen molar-refractivity contribution in [1.29, 1.82) is 0 Å². The van der Waals surface area contributed by atoms with Crippen molar-refractivity contribution in [2.75, 3.05) is 0 Å². The minimum Gasteiger partial charge on any atom is -0.541 e. The highest BCUT2D eigenvalue weighted by Crippen LogP contribution is 2.31. The maximum atomic E-state index is 6.05. The van der Waals surface area contributed by atoms with Gasteiger partial charge < -0.3 is 4.43 Å². The van der Waals surface area contributed by atoms with E-state index in [-0.39, 0.29) is 1.43 Å². The molecule has 0 aliphatic rings. The van der Waals surface area contributed by atoms with Crippen LogP contribution in [0.5, 0.6) is 5.75 Å². The molecule has 3 rings (SSSR count). The van der Waals surface area contributed by atoms with Gasteiger partial charge in [-0.05, 0) is 49.2 Å². The van der Waals surface area contributed by atoms with Gasteiger partial charge in [-0.25, -0.2) is 4.99 Å². The molecule has 0 spiro atoms. The molecule has 0 saturated carbocycles. The van der Waals surface area contributed by atoms with E-state index in [2.05, 4.69) is 61.8 Å². The molecule has 0 aliphatic carbocycles. The molecular weight excluding hydrogens is 330 g/mol. The van der Waals surface area contributed by atoms with E-state index >= 15 is 0 Å². The fourth-order valence-electron chi connectivity index (χ4n) is 2.41. The Balaban J connectivity index is 0.00000225. The van der Waals surface area contributed by atoms with Gasteiger partial charge in [-0.3, -0.25) is 0 Å². The molecule has 0 atom stereocenters. The van der Waals surface area contributed by atoms with Crippen molar-refractivity contribution >= 4 is 31.8 Å². The topological polar surface area (TPSA) is 21.6 Å². The first-order chi connectivity index (χ1) is 11.6. The highest BCUT2D eigenvalue weighted by molar-refractivity contribution is 7.12. The fraction of sp³-hybridized carbons (Fsp3) is 0.150. The summed E-state index contributed by atoms with van der Waals surface area (Å²) in [5.74, 6) is 0.865. The summed E-state index contributed by atoms with van der Waals surface area (Å²) in [4.78, 5) is 6.16. The van der Waals surface area contributed by atoms with Crippen molar-refractivity contribution in [2.45, 2.75) is 20.0 Å².